The predicted octanol–water partition coefficient (Wildman–Crippen LogP) is 4.11. The molecule has 3 nitrogen and oxygen atoms in total. The second kappa shape index (κ2) is 5.58. The molecular formula is C17H15NO2S. The second-order valence-corrected chi connectivity index (χ2v) is 5.57. The fraction of sp³-hybridized carbons (Fsp3) is 0.118. The van der Waals surface area contributed by atoms with Crippen molar-refractivity contribution in [1.82, 2.24) is 0 Å². The number of hydrogen-bond donors (Lipinski definition) is 1. The van der Waals surface area contributed by atoms with Gasteiger partial charge >= 0.3 is 0 Å². The highest BCUT2D eigenvalue weighted by Crippen LogP contribution is 2.29. The summed E-state index contributed by atoms with van der Waals surface area (Å²) in [6, 6.07) is 13.1. The Kier molecular flexibility index (Phi) is 3.62. The molecule has 0 saturated carbocycles. The van der Waals surface area contributed by atoms with Crippen molar-refractivity contribution in [2.75, 3.05) is 12.3 Å². The molecule has 0 atom stereocenters. The zero-order chi connectivity index (χ0) is 14.8. The number of hydrogen-bond acceptors (Lipinski definition) is 4. The standard InChI is InChI=1S/C17H15NO2S/c1-2-20-15-8-7-11(9-14(15)18)17(19)13-10-21-16-6-4-3-5-12(13)16/h3-10H,2,18H2,1H3. The van der Waals surface area contributed by atoms with Crippen LogP contribution in [0.2, 0.25) is 0 Å². The third-order valence-electron chi connectivity index (χ3n) is 3.30. The third kappa shape index (κ3) is 2.50. The van der Waals surface area contributed by atoms with E-state index < -0.39 is 0 Å². The first-order valence-electron chi connectivity index (χ1n) is 6.74. The minimum atomic E-state index is -0.0119. The van der Waals surface area contributed by atoms with Gasteiger partial charge < -0.3 is 10.5 Å². The molecule has 0 unspecified atom stereocenters. The molecule has 0 saturated heterocycles. The van der Waals surface area contributed by atoms with E-state index in [2.05, 4.69) is 0 Å². The summed E-state index contributed by atoms with van der Waals surface area (Å²) < 4.78 is 6.51. The zero-order valence-corrected chi connectivity index (χ0v) is 12.4. The quantitative estimate of drug-likeness (QED) is 0.582. The highest BCUT2D eigenvalue weighted by Gasteiger charge is 2.15. The number of rotatable bonds is 4. The van der Waals surface area contributed by atoms with E-state index in [0.717, 1.165) is 15.6 Å². The maximum Gasteiger partial charge on any atom is 0.194 e. The Morgan fingerprint density at radius 2 is 2.05 bits per heavy atom. The van der Waals surface area contributed by atoms with Gasteiger partial charge in [-0.1, -0.05) is 18.2 Å². The lowest BCUT2D eigenvalue weighted by Gasteiger charge is -2.08. The summed E-state index contributed by atoms with van der Waals surface area (Å²) in [4.78, 5) is 12.7. The van der Waals surface area contributed by atoms with Crippen LogP contribution in [0.3, 0.4) is 0 Å². The van der Waals surface area contributed by atoms with Crippen LogP contribution in [-0.2, 0) is 0 Å². The van der Waals surface area contributed by atoms with Crippen molar-refractivity contribution < 1.29 is 9.53 Å². The molecule has 0 aliphatic rings. The minimum Gasteiger partial charge on any atom is -0.492 e. The molecule has 2 aromatic carbocycles. The number of nitrogens with two attached hydrogens (primary N) is 1. The van der Waals surface area contributed by atoms with E-state index in [9.17, 15) is 4.79 Å². The van der Waals surface area contributed by atoms with Gasteiger partial charge in [-0.15, -0.1) is 11.3 Å². The number of benzene rings is 2. The van der Waals surface area contributed by atoms with Crippen LogP contribution in [0.5, 0.6) is 5.75 Å². The largest absolute Gasteiger partial charge is 0.492 e. The summed E-state index contributed by atoms with van der Waals surface area (Å²) in [7, 11) is 0. The van der Waals surface area contributed by atoms with Crippen LogP contribution < -0.4 is 10.5 Å². The first kappa shape index (κ1) is 13.6. The Balaban J connectivity index is 2.00. The van der Waals surface area contributed by atoms with Crippen LogP contribution >= 0.6 is 11.3 Å². The van der Waals surface area contributed by atoms with Crippen molar-refractivity contribution >= 4 is 32.9 Å². The number of ketones is 1. The second-order valence-electron chi connectivity index (χ2n) is 4.66. The van der Waals surface area contributed by atoms with E-state index >= 15 is 0 Å². The maximum atomic E-state index is 12.7. The Hall–Kier alpha value is -2.33. The molecule has 0 bridgehead atoms. The number of nitrogen functional groups attached to an aromatic ring is 1. The lowest BCUT2D eigenvalue weighted by Crippen LogP contribution is -2.03. The summed E-state index contributed by atoms with van der Waals surface area (Å²) in [6.07, 6.45) is 0. The molecule has 4 heteroatoms. The van der Waals surface area contributed by atoms with E-state index in [4.69, 9.17) is 10.5 Å². The van der Waals surface area contributed by atoms with Crippen LogP contribution in [-0.4, -0.2) is 12.4 Å². The Bertz CT molecular complexity index is 807. The highest BCUT2D eigenvalue weighted by molar-refractivity contribution is 7.17. The molecule has 3 aromatic rings. The van der Waals surface area contributed by atoms with Crippen molar-refractivity contribution in [3.8, 4) is 5.75 Å². The fourth-order valence-electron chi connectivity index (χ4n) is 2.29. The Morgan fingerprint density at radius 1 is 1.24 bits per heavy atom. The molecule has 0 radical (unpaired) electrons. The Labute approximate surface area is 127 Å². The summed E-state index contributed by atoms with van der Waals surface area (Å²) in [6.45, 7) is 2.45. The van der Waals surface area contributed by atoms with Crippen LogP contribution in [0, 0.1) is 0 Å². The molecule has 3 rings (SSSR count). The zero-order valence-electron chi connectivity index (χ0n) is 11.6. The van der Waals surface area contributed by atoms with Crippen LogP contribution in [0.1, 0.15) is 22.8 Å². The average molecular weight is 297 g/mol. The average Bonchev–Trinajstić information content (AvgIpc) is 2.93. The van der Waals surface area contributed by atoms with Gasteiger partial charge in [0.2, 0.25) is 0 Å². The van der Waals surface area contributed by atoms with Gasteiger partial charge in [0.15, 0.2) is 5.78 Å². The first-order valence-corrected chi connectivity index (χ1v) is 7.62. The van der Waals surface area contributed by atoms with Crippen molar-refractivity contribution in [2.24, 2.45) is 0 Å². The van der Waals surface area contributed by atoms with Gasteiger partial charge in [0, 0.05) is 26.6 Å². The molecule has 106 valence electrons. The topological polar surface area (TPSA) is 52.3 Å². The van der Waals surface area contributed by atoms with Gasteiger partial charge in [0.25, 0.3) is 0 Å². The van der Waals surface area contributed by atoms with Gasteiger partial charge in [-0.25, -0.2) is 0 Å². The third-order valence-corrected chi connectivity index (χ3v) is 4.26. The minimum absolute atomic E-state index is 0.0119. The van der Waals surface area contributed by atoms with Crippen molar-refractivity contribution in [2.45, 2.75) is 6.92 Å². The fourth-order valence-corrected chi connectivity index (χ4v) is 3.23. The summed E-state index contributed by atoms with van der Waals surface area (Å²) in [5, 5.41) is 2.89. The molecule has 0 spiro atoms. The smallest absolute Gasteiger partial charge is 0.194 e. The van der Waals surface area contributed by atoms with Crippen LogP contribution in [0.4, 0.5) is 5.69 Å². The first-order chi connectivity index (χ1) is 10.2. The summed E-state index contributed by atoms with van der Waals surface area (Å²) in [5.74, 6) is 0.603. The number of carbonyl (C=O) groups is 1. The summed E-state index contributed by atoms with van der Waals surface area (Å²) >= 11 is 1.58. The number of anilines is 1. The van der Waals surface area contributed by atoms with Crippen molar-refractivity contribution in [3.63, 3.8) is 0 Å². The van der Waals surface area contributed by atoms with Gasteiger partial charge in [-0.2, -0.15) is 0 Å². The van der Waals surface area contributed by atoms with E-state index in [1.807, 2.05) is 36.6 Å². The molecule has 1 heterocycles. The highest BCUT2D eigenvalue weighted by atomic mass is 32.1. The number of thiophene rings is 1. The molecule has 0 aliphatic heterocycles. The maximum absolute atomic E-state index is 12.7. The van der Waals surface area contributed by atoms with E-state index in [-0.39, 0.29) is 5.78 Å². The molecule has 1 aromatic heterocycles. The van der Waals surface area contributed by atoms with Gasteiger partial charge in [0.05, 0.1) is 12.3 Å². The monoisotopic (exact) mass is 297 g/mol. The SMILES string of the molecule is CCOc1ccc(C(=O)c2csc3ccccc23)cc1N. The van der Waals surface area contributed by atoms with E-state index in [0.29, 0.717) is 23.6 Å². The summed E-state index contributed by atoms with van der Waals surface area (Å²) in [5.41, 5.74) is 7.73. The van der Waals surface area contributed by atoms with E-state index in [1.54, 1.807) is 29.5 Å². The van der Waals surface area contributed by atoms with Gasteiger partial charge in [0.1, 0.15) is 5.75 Å². The van der Waals surface area contributed by atoms with Crippen LogP contribution in [0.15, 0.2) is 47.8 Å². The lowest BCUT2D eigenvalue weighted by molar-refractivity contribution is 0.104. The lowest BCUT2D eigenvalue weighted by atomic mass is 10.0. The molecule has 0 aliphatic carbocycles. The van der Waals surface area contributed by atoms with E-state index in [1.165, 1.54) is 0 Å². The number of fused-ring (bicyclic) bond motifs is 1. The predicted molar refractivity (Wildman–Crippen MR) is 87.3 cm³/mol. The molecule has 0 fully saturated rings. The molecule has 21 heavy (non-hydrogen) atoms. The van der Waals surface area contributed by atoms with Crippen LogP contribution in [0.25, 0.3) is 10.1 Å². The normalized spacial score (nSPS) is 10.7. The number of ether oxygens (including phenoxy) is 1. The molecule has 0 amide bonds. The van der Waals surface area contributed by atoms with Crippen molar-refractivity contribution in [3.05, 3.63) is 59.0 Å². The molecule has 2 N–H and O–H groups in total. The molecular weight excluding hydrogens is 282 g/mol. The van der Waals surface area contributed by atoms with Crippen molar-refractivity contribution in [1.29, 1.82) is 0 Å². The van der Waals surface area contributed by atoms with Gasteiger partial charge in [-0.05, 0) is 31.2 Å². The number of carbonyl (C=O) groups excluding carboxylic acids is 1. The van der Waals surface area contributed by atoms with Gasteiger partial charge in [-0.3, -0.25) is 4.79 Å². The Morgan fingerprint density at radius 3 is 2.81 bits per heavy atom.